The van der Waals surface area contributed by atoms with Crippen LogP contribution in [0.1, 0.15) is 49.7 Å². The predicted octanol–water partition coefficient (Wildman–Crippen LogP) is 5.29. The summed E-state index contributed by atoms with van der Waals surface area (Å²) in [5, 5.41) is 9.39. The van der Waals surface area contributed by atoms with E-state index in [9.17, 15) is 22.8 Å². The minimum absolute atomic E-state index is 0.103. The lowest BCUT2D eigenvalue weighted by Gasteiger charge is -2.38. The SMILES string of the molecule is COc1cc([C@H]2C3=C(CC(C)(C)CC3=O)Nc3nc(C(F)(F)F)nn32)ccc1OCC(=O)Nc1ccc(C)cc1. The van der Waals surface area contributed by atoms with Gasteiger partial charge in [0.15, 0.2) is 23.9 Å². The summed E-state index contributed by atoms with van der Waals surface area (Å²) in [5.74, 6) is -1.50. The van der Waals surface area contributed by atoms with Crippen LogP contribution in [-0.4, -0.2) is 40.2 Å². The number of methoxy groups -OCH3 is 1. The number of Topliss-reactive ketones (excluding diaryl/α,β-unsaturated/α-hetero) is 1. The maximum absolute atomic E-state index is 13.5. The van der Waals surface area contributed by atoms with Crippen LogP contribution in [-0.2, 0) is 15.8 Å². The molecule has 1 aromatic heterocycles. The molecular weight excluding hydrogens is 527 g/mol. The number of aromatic nitrogens is 3. The molecule has 0 radical (unpaired) electrons. The monoisotopic (exact) mass is 555 g/mol. The van der Waals surface area contributed by atoms with Crippen LogP contribution in [0.15, 0.2) is 53.7 Å². The molecule has 40 heavy (non-hydrogen) atoms. The lowest BCUT2D eigenvalue weighted by Crippen LogP contribution is -2.36. The van der Waals surface area contributed by atoms with Crippen molar-refractivity contribution in [1.29, 1.82) is 0 Å². The summed E-state index contributed by atoms with van der Waals surface area (Å²) in [6, 6.07) is 11.1. The maximum atomic E-state index is 13.5. The van der Waals surface area contributed by atoms with Gasteiger partial charge < -0.3 is 20.1 Å². The molecule has 0 spiro atoms. The third-order valence-electron chi connectivity index (χ3n) is 6.78. The van der Waals surface area contributed by atoms with Crippen molar-refractivity contribution in [3.05, 3.63) is 70.7 Å². The second-order valence-electron chi connectivity index (χ2n) is 10.7. The first-order valence-corrected chi connectivity index (χ1v) is 12.6. The molecule has 1 atom stereocenters. The van der Waals surface area contributed by atoms with E-state index in [4.69, 9.17) is 9.47 Å². The van der Waals surface area contributed by atoms with Crippen molar-refractivity contribution < 1.29 is 32.2 Å². The Labute approximate surface area is 228 Å². The largest absolute Gasteiger partial charge is 0.493 e. The van der Waals surface area contributed by atoms with Crippen molar-refractivity contribution >= 4 is 23.3 Å². The van der Waals surface area contributed by atoms with E-state index >= 15 is 0 Å². The zero-order valence-corrected chi connectivity index (χ0v) is 22.3. The lowest BCUT2D eigenvalue weighted by atomic mass is 9.73. The average Bonchev–Trinajstić information content (AvgIpc) is 3.31. The number of ketones is 1. The summed E-state index contributed by atoms with van der Waals surface area (Å²) < 4.78 is 52.9. The number of nitrogens with zero attached hydrogens (tertiary/aromatic N) is 3. The summed E-state index contributed by atoms with van der Waals surface area (Å²) in [6.07, 6.45) is -4.09. The van der Waals surface area contributed by atoms with E-state index in [0.29, 0.717) is 28.9 Å². The third-order valence-corrected chi connectivity index (χ3v) is 6.78. The van der Waals surface area contributed by atoms with E-state index in [2.05, 4.69) is 20.7 Å². The molecular formula is C28H28F3N5O4. The van der Waals surface area contributed by atoms with Gasteiger partial charge in [0.25, 0.3) is 11.7 Å². The number of rotatable bonds is 6. The highest BCUT2D eigenvalue weighted by Gasteiger charge is 2.44. The van der Waals surface area contributed by atoms with Gasteiger partial charge >= 0.3 is 6.18 Å². The van der Waals surface area contributed by atoms with E-state index in [1.165, 1.54) is 7.11 Å². The van der Waals surface area contributed by atoms with Gasteiger partial charge in [0.2, 0.25) is 5.95 Å². The second kappa shape index (κ2) is 10.00. The number of alkyl halides is 3. The fraction of sp³-hybridized carbons (Fsp3) is 0.357. The van der Waals surface area contributed by atoms with Crippen LogP contribution in [0.5, 0.6) is 11.5 Å². The van der Waals surface area contributed by atoms with E-state index in [1.807, 2.05) is 32.9 Å². The van der Waals surface area contributed by atoms with Crippen LogP contribution in [0.2, 0.25) is 0 Å². The molecule has 0 saturated carbocycles. The summed E-state index contributed by atoms with van der Waals surface area (Å²) in [6.45, 7) is 5.49. The summed E-state index contributed by atoms with van der Waals surface area (Å²) >= 11 is 0. The van der Waals surface area contributed by atoms with Crippen LogP contribution in [0.25, 0.3) is 0 Å². The molecule has 1 aliphatic carbocycles. The Hall–Kier alpha value is -4.35. The highest BCUT2D eigenvalue weighted by molar-refractivity contribution is 6.00. The highest BCUT2D eigenvalue weighted by Crippen LogP contribution is 2.47. The number of carbonyl (C=O) groups is 2. The number of hydrogen-bond donors (Lipinski definition) is 2. The van der Waals surface area contributed by atoms with Crippen molar-refractivity contribution in [3.63, 3.8) is 0 Å². The number of hydrogen-bond acceptors (Lipinski definition) is 7. The fourth-order valence-corrected chi connectivity index (χ4v) is 4.99. The molecule has 2 heterocycles. The number of fused-ring (bicyclic) bond motifs is 1. The van der Waals surface area contributed by atoms with Gasteiger partial charge in [-0.2, -0.15) is 18.2 Å². The Morgan fingerprint density at radius 1 is 1.15 bits per heavy atom. The first kappa shape index (κ1) is 27.2. The van der Waals surface area contributed by atoms with Gasteiger partial charge in [-0.25, -0.2) is 4.68 Å². The van der Waals surface area contributed by atoms with E-state index in [1.54, 1.807) is 30.3 Å². The van der Waals surface area contributed by atoms with Gasteiger partial charge in [0.05, 0.1) is 7.11 Å². The zero-order valence-electron chi connectivity index (χ0n) is 22.3. The van der Waals surface area contributed by atoms with E-state index in [0.717, 1.165) is 10.2 Å². The quantitative estimate of drug-likeness (QED) is 0.426. The van der Waals surface area contributed by atoms with Crippen molar-refractivity contribution in [3.8, 4) is 11.5 Å². The highest BCUT2D eigenvalue weighted by atomic mass is 19.4. The molecule has 1 aliphatic heterocycles. The van der Waals surface area contributed by atoms with E-state index in [-0.39, 0.29) is 47.6 Å². The first-order valence-electron chi connectivity index (χ1n) is 12.6. The van der Waals surface area contributed by atoms with Crippen molar-refractivity contribution in [2.24, 2.45) is 5.41 Å². The molecule has 2 N–H and O–H groups in total. The normalized spacial score (nSPS) is 18.0. The number of aryl methyl sites for hydroxylation is 1. The minimum Gasteiger partial charge on any atom is -0.493 e. The van der Waals surface area contributed by atoms with Crippen LogP contribution < -0.4 is 20.1 Å². The van der Waals surface area contributed by atoms with Crippen LogP contribution in [0.3, 0.4) is 0 Å². The molecule has 5 rings (SSSR count). The summed E-state index contributed by atoms with van der Waals surface area (Å²) in [5.41, 5.74) is 2.61. The molecule has 12 heteroatoms. The molecule has 9 nitrogen and oxygen atoms in total. The van der Waals surface area contributed by atoms with E-state index < -0.39 is 18.0 Å². The molecule has 0 fully saturated rings. The number of nitrogens with one attached hydrogen (secondary N) is 2. The van der Waals surface area contributed by atoms with Crippen LogP contribution >= 0.6 is 0 Å². The van der Waals surface area contributed by atoms with Crippen LogP contribution in [0, 0.1) is 12.3 Å². The molecule has 2 aliphatic rings. The number of benzene rings is 2. The third kappa shape index (κ3) is 5.38. The van der Waals surface area contributed by atoms with Gasteiger partial charge in [-0.3, -0.25) is 9.59 Å². The Morgan fingerprint density at radius 2 is 1.88 bits per heavy atom. The summed E-state index contributed by atoms with van der Waals surface area (Å²) in [7, 11) is 1.41. The molecule has 0 bridgehead atoms. The van der Waals surface area contributed by atoms with Crippen molar-refractivity contribution in [2.75, 3.05) is 24.4 Å². The first-order chi connectivity index (χ1) is 18.8. The summed E-state index contributed by atoms with van der Waals surface area (Å²) in [4.78, 5) is 29.4. The lowest BCUT2D eigenvalue weighted by molar-refractivity contribution is -0.145. The zero-order chi connectivity index (χ0) is 28.8. The van der Waals surface area contributed by atoms with Gasteiger partial charge in [-0.1, -0.05) is 37.6 Å². The Morgan fingerprint density at radius 3 is 2.55 bits per heavy atom. The van der Waals surface area contributed by atoms with Gasteiger partial charge in [-0.05, 0) is 48.6 Å². The topological polar surface area (TPSA) is 107 Å². The smallest absolute Gasteiger partial charge is 0.453 e. The number of anilines is 2. The molecule has 210 valence electrons. The minimum atomic E-state index is -4.77. The fourth-order valence-electron chi connectivity index (χ4n) is 4.99. The number of allylic oxidation sites excluding steroid dienone is 2. The Kier molecular flexibility index (Phi) is 6.80. The maximum Gasteiger partial charge on any atom is 0.453 e. The Bertz CT molecular complexity index is 1510. The number of ether oxygens (including phenoxy) is 2. The molecule has 0 saturated heterocycles. The number of amides is 1. The van der Waals surface area contributed by atoms with Crippen molar-refractivity contribution in [2.45, 2.75) is 45.8 Å². The van der Waals surface area contributed by atoms with Gasteiger partial charge in [-0.15, -0.1) is 5.10 Å². The number of carbonyl (C=O) groups excluding carboxylic acids is 2. The standard InChI is InChI=1S/C28H28F3N5O4/c1-15-5-8-17(9-6-15)32-22(38)14-40-20-10-7-16(11-21(20)39-4)24-23-18(12-27(2,3)13-19(23)37)33-26-34-25(28(29,30)31)35-36(24)26/h5-11,24H,12-14H2,1-4H3,(H,32,38)(H,33,34,35)/t24-/m0/s1. The Balaban J connectivity index is 1.46. The predicted molar refractivity (Wildman–Crippen MR) is 140 cm³/mol. The average molecular weight is 556 g/mol. The number of halogens is 3. The molecule has 1 amide bonds. The van der Waals surface area contributed by atoms with Crippen molar-refractivity contribution in [1.82, 2.24) is 14.8 Å². The van der Waals surface area contributed by atoms with Gasteiger partial charge in [0.1, 0.15) is 6.04 Å². The molecule has 0 unspecified atom stereocenters. The van der Waals surface area contributed by atoms with Gasteiger partial charge in [0, 0.05) is 23.4 Å². The van der Waals surface area contributed by atoms with Crippen LogP contribution in [0.4, 0.5) is 24.8 Å². The molecule has 3 aromatic rings. The molecule has 2 aromatic carbocycles. The second-order valence-corrected chi connectivity index (χ2v) is 10.7.